The number of piperazine rings is 1. The molecule has 0 aromatic heterocycles. The molecule has 0 saturated carbocycles. The lowest BCUT2D eigenvalue weighted by Gasteiger charge is -2.34. The lowest BCUT2D eigenvalue weighted by molar-refractivity contribution is 0.0693. The van der Waals surface area contributed by atoms with Crippen molar-refractivity contribution in [3.8, 4) is 11.5 Å². The van der Waals surface area contributed by atoms with Gasteiger partial charge in [0.05, 0.1) is 5.56 Å². The van der Waals surface area contributed by atoms with Crippen LogP contribution in [0.15, 0.2) is 41.3 Å². The van der Waals surface area contributed by atoms with Gasteiger partial charge in [-0.25, -0.2) is 17.2 Å². The van der Waals surface area contributed by atoms with Crippen molar-refractivity contribution in [3.63, 3.8) is 0 Å². The minimum atomic E-state index is -4.20. The number of hydrogen-bond donors (Lipinski definition) is 0. The Kier molecular flexibility index (Phi) is 4.68. The lowest BCUT2D eigenvalue weighted by Crippen LogP contribution is -2.50. The largest absolute Gasteiger partial charge is 0.454 e. The van der Waals surface area contributed by atoms with Crippen LogP contribution in [-0.2, 0) is 10.0 Å². The van der Waals surface area contributed by atoms with Crippen molar-refractivity contribution < 1.29 is 31.5 Å². The zero-order chi connectivity index (χ0) is 19.9. The van der Waals surface area contributed by atoms with E-state index in [0.717, 1.165) is 16.4 Å². The molecule has 28 heavy (non-hydrogen) atoms. The van der Waals surface area contributed by atoms with E-state index in [4.69, 9.17) is 9.47 Å². The van der Waals surface area contributed by atoms with E-state index < -0.39 is 26.6 Å². The maximum atomic E-state index is 13.9. The Morgan fingerprint density at radius 3 is 2.50 bits per heavy atom. The average Bonchev–Trinajstić information content (AvgIpc) is 3.18. The topological polar surface area (TPSA) is 76.2 Å². The molecule has 0 unspecified atom stereocenters. The minimum absolute atomic E-state index is 0.0313. The van der Waals surface area contributed by atoms with Crippen molar-refractivity contribution >= 4 is 15.9 Å². The van der Waals surface area contributed by atoms with Crippen LogP contribution >= 0.6 is 0 Å². The number of carbonyl (C=O) groups excluding carboxylic acids is 1. The first-order chi connectivity index (χ1) is 13.4. The molecule has 1 fully saturated rings. The molecule has 10 heteroatoms. The molecule has 1 saturated heterocycles. The van der Waals surface area contributed by atoms with E-state index in [2.05, 4.69) is 0 Å². The standard InChI is InChI=1S/C18H16F2N2O5S/c19-12-4-5-14(20)16(10-12)28(24,25)22-8-6-21(7-9-22)18(23)13-2-1-3-15-17(13)27-11-26-15/h1-5,10H,6-9,11H2. The third-order valence-corrected chi connectivity index (χ3v) is 6.58. The van der Waals surface area contributed by atoms with Gasteiger partial charge in [-0.05, 0) is 30.3 Å². The first-order valence-electron chi connectivity index (χ1n) is 8.51. The molecule has 0 bridgehead atoms. The molecular formula is C18H16F2N2O5S. The van der Waals surface area contributed by atoms with Gasteiger partial charge in [-0.3, -0.25) is 4.79 Å². The summed E-state index contributed by atoms with van der Waals surface area (Å²) in [5.74, 6) is -1.32. The Bertz CT molecular complexity index is 1040. The number of hydrogen-bond acceptors (Lipinski definition) is 5. The quantitative estimate of drug-likeness (QED) is 0.772. The third-order valence-electron chi connectivity index (χ3n) is 4.66. The normalized spacial score (nSPS) is 17.0. The highest BCUT2D eigenvalue weighted by molar-refractivity contribution is 7.89. The van der Waals surface area contributed by atoms with Crippen LogP contribution in [-0.4, -0.2) is 56.5 Å². The van der Waals surface area contributed by atoms with Gasteiger partial charge in [0.25, 0.3) is 5.91 Å². The van der Waals surface area contributed by atoms with Crippen LogP contribution in [0.2, 0.25) is 0 Å². The van der Waals surface area contributed by atoms with E-state index in [0.29, 0.717) is 23.1 Å². The summed E-state index contributed by atoms with van der Waals surface area (Å²) >= 11 is 0. The fourth-order valence-electron chi connectivity index (χ4n) is 3.21. The molecule has 148 valence electrons. The highest BCUT2D eigenvalue weighted by Crippen LogP contribution is 2.36. The van der Waals surface area contributed by atoms with Crippen molar-refractivity contribution in [2.24, 2.45) is 0 Å². The predicted octanol–water partition coefficient (Wildman–Crippen LogP) is 1.84. The fourth-order valence-corrected chi connectivity index (χ4v) is 4.71. The van der Waals surface area contributed by atoms with Gasteiger partial charge in [-0.1, -0.05) is 6.07 Å². The number of amides is 1. The van der Waals surface area contributed by atoms with E-state index in [1.54, 1.807) is 18.2 Å². The number of halogens is 2. The molecule has 0 N–H and O–H groups in total. The van der Waals surface area contributed by atoms with Gasteiger partial charge in [0.15, 0.2) is 11.5 Å². The summed E-state index contributed by atoms with van der Waals surface area (Å²) in [4.78, 5) is 13.6. The second kappa shape index (κ2) is 7.02. The van der Waals surface area contributed by atoms with Gasteiger partial charge in [-0.2, -0.15) is 4.31 Å². The second-order valence-electron chi connectivity index (χ2n) is 6.31. The molecule has 2 aromatic rings. The number of para-hydroxylation sites is 1. The number of fused-ring (bicyclic) bond motifs is 1. The van der Waals surface area contributed by atoms with Crippen molar-refractivity contribution in [1.29, 1.82) is 0 Å². The minimum Gasteiger partial charge on any atom is -0.454 e. The van der Waals surface area contributed by atoms with Crippen molar-refractivity contribution in [2.45, 2.75) is 4.90 Å². The van der Waals surface area contributed by atoms with Crippen LogP contribution in [0.3, 0.4) is 0 Å². The summed E-state index contributed by atoms with van der Waals surface area (Å²) in [6.07, 6.45) is 0. The first-order valence-corrected chi connectivity index (χ1v) is 9.95. The van der Waals surface area contributed by atoms with Gasteiger partial charge >= 0.3 is 0 Å². The first kappa shape index (κ1) is 18.6. The lowest BCUT2D eigenvalue weighted by atomic mass is 10.1. The van der Waals surface area contributed by atoms with E-state index in [9.17, 15) is 22.0 Å². The smallest absolute Gasteiger partial charge is 0.257 e. The van der Waals surface area contributed by atoms with Gasteiger partial charge in [0, 0.05) is 26.2 Å². The number of ether oxygens (including phenoxy) is 2. The number of rotatable bonds is 3. The zero-order valence-corrected chi connectivity index (χ0v) is 15.4. The summed E-state index contributed by atoms with van der Waals surface area (Å²) < 4.78 is 64.2. The molecule has 7 nitrogen and oxygen atoms in total. The van der Waals surface area contributed by atoms with Crippen molar-refractivity contribution in [2.75, 3.05) is 33.0 Å². The van der Waals surface area contributed by atoms with E-state index in [-0.39, 0.29) is 38.9 Å². The maximum absolute atomic E-state index is 13.9. The predicted molar refractivity (Wildman–Crippen MR) is 93.6 cm³/mol. The Hall–Kier alpha value is -2.72. The van der Waals surface area contributed by atoms with Crippen molar-refractivity contribution in [3.05, 3.63) is 53.6 Å². The Balaban J connectivity index is 1.50. The highest BCUT2D eigenvalue weighted by atomic mass is 32.2. The van der Waals surface area contributed by atoms with E-state index in [1.165, 1.54) is 4.90 Å². The maximum Gasteiger partial charge on any atom is 0.257 e. The van der Waals surface area contributed by atoms with Crippen LogP contribution in [0.1, 0.15) is 10.4 Å². The number of carbonyl (C=O) groups is 1. The Morgan fingerprint density at radius 1 is 1.00 bits per heavy atom. The molecule has 0 radical (unpaired) electrons. The monoisotopic (exact) mass is 410 g/mol. The highest BCUT2D eigenvalue weighted by Gasteiger charge is 2.33. The number of nitrogens with zero attached hydrogens (tertiary/aromatic N) is 2. The third kappa shape index (κ3) is 3.18. The molecule has 2 aliphatic heterocycles. The summed E-state index contributed by atoms with van der Waals surface area (Å²) in [5, 5.41) is 0. The summed E-state index contributed by atoms with van der Waals surface area (Å²) in [6, 6.07) is 7.27. The van der Waals surface area contributed by atoms with Crippen LogP contribution in [0.5, 0.6) is 11.5 Å². The van der Waals surface area contributed by atoms with Gasteiger partial charge < -0.3 is 14.4 Å². The molecule has 4 rings (SSSR count). The summed E-state index contributed by atoms with van der Waals surface area (Å²) in [5.41, 5.74) is 0.336. The molecular weight excluding hydrogens is 394 g/mol. The molecule has 0 spiro atoms. The van der Waals surface area contributed by atoms with Crippen LogP contribution < -0.4 is 9.47 Å². The second-order valence-corrected chi connectivity index (χ2v) is 8.22. The van der Waals surface area contributed by atoms with E-state index >= 15 is 0 Å². The average molecular weight is 410 g/mol. The van der Waals surface area contributed by atoms with E-state index in [1.807, 2.05) is 0 Å². The summed E-state index contributed by atoms with van der Waals surface area (Å²) in [7, 11) is -4.20. The van der Waals surface area contributed by atoms with Gasteiger partial charge in [0.1, 0.15) is 16.5 Å². The van der Waals surface area contributed by atoms with Crippen LogP contribution in [0.4, 0.5) is 8.78 Å². The molecule has 1 amide bonds. The molecule has 2 heterocycles. The molecule has 2 aliphatic rings. The van der Waals surface area contributed by atoms with Crippen LogP contribution in [0.25, 0.3) is 0 Å². The molecule has 0 atom stereocenters. The van der Waals surface area contributed by atoms with Crippen LogP contribution in [0, 0.1) is 11.6 Å². The van der Waals surface area contributed by atoms with Crippen molar-refractivity contribution in [1.82, 2.24) is 9.21 Å². The molecule has 0 aliphatic carbocycles. The molecule has 2 aromatic carbocycles. The van der Waals surface area contributed by atoms with Gasteiger partial charge in [0.2, 0.25) is 16.8 Å². The Morgan fingerprint density at radius 2 is 1.75 bits per heavy atom. The number of sulfonamides is 1. The van der Waals surface area contributed by atoms with Gasteiger partial charge in [-0.15, -0.1) is 0 Å². The SMILES string of the molecule is O=C(c1cccc2c1OCO2)N1CCN(S(=O)(=O)c2cc(F)ccc2F)CC1. The fraction of sp³-hybridized carbons (Fsp3) is 0.278. The number of benzene rings is 2. The zero-order valence-electron chi connectivity index (χ0n) is 14.6. The Labute approximate surface area is 160 Å². The summed E-state index contributed by atoms with van der Waals surface area (Å²) in [6.45, 7) is 0.191.